The number of hydrogen-bond donors (Lipinski definition) is 1. The Morgan fingerprint density at radius 1 is 1.25 bits per heavy atom. The fourth-order valence-electron chi connectivity index (χ4n) is 4.23. The molecule has 2 aliphatic rings. The molecule has 1 aliphatic carbocycles. The molecule has 2 fully saturated rings. The van der Waals surface area contributed by atoms with Crippen LogP contribution in [-0.4, -0.2) is 58.2 Å². The third kappa shape index (κ3) is 3.93. The molecule has 0 bridgehead atoms. The van der Waals surface area contributed by atoms with Gasteiger partial charge in [-0.15, -0.1) is 0 Å². The molecule has 0 spiro atoms. The Morgan fingerprint density at radius 2 is 2.00 bits per heavy atom. The first-order valence-electron chi connectivity index (χ1n) is 10.6. The summed E-state index contributed by atoms with van der Waals surface area (Å²) in [7, 11) is 0. The van der Waals surface area contributed by atoms with Gasteiger partial charge in [0.2, 0.25) is 5.91 Å². The molecule has 1 aliphatic heterocycles. The van der Waals surface area contributed by atoms with E-state index in [1.807, 2.05) is 24.0 Å². The Hall–Kier alpha value is -3.75. The van der Waals surface area contributed by atoms with E-state index in [1.165, 1.54) is 6.20 Å². The van der Waals surface area contributed by atoms with E-state index in [1.54, 1.807) is 11.0 Å². The topological polar surface area (TPSA) is 117 Å². The van der Waals surface area contributed by atoms with E-state index in [0.717, 1.165) is 24.1 Å². The van der Waals surface area contributed by atoms with E-state index in [2.05, 4.69) is 23.7 Å². The molecule has 162 valence electrons. The highest BCUT2D eigenvalue weighted by atomic mass is 16.3. The molecule has 8 heteroatoms. The number of anilines is 1. The summed E-state index contributed by atoms with van der Waals surface area (Å²) in [6, 6.07) is 8.01. The quantitative estimate of drug-likeness (QED) is 0.777. The summed E-state index contributed by atoms with van der Waals surface area (Å²) in [5.41, 5.74) is 3.90. The zero-order chi connectivity index (χ0) is 22.8. The van der Waals surface area contributed by atoms with Crippen molar-refractivity contribution in [2.24, 2.45) is 0 Å². The van der Waals surface area contributed by atoms with Gasteiger partial charge in [0.05, 0.1) is 22.5 Å². The van der Waals surface area contributed by atoms with Crippen LogP contribution in [0.2, 0.25) is 0 Å². The van der Waals surface area contributed by atoms with E-state index >= 15 is 0 Å². The first kappa shape index (κ1) is 21.5. The highest BCUT2D eigenvalue weighted by Crippen LogP contribution is 2.45. The minimum Gasteiger partial charge on any atom is -0.387 e. The molecule has 1 saturated heterocycles. The fraction of sp³-hybridized carbons (Fsp3) is 0.375. The summed E-state index contributed by atoms with van der Waals surface area (Å²) < 4.78 is 0. The number of aliphatic hydroxyl groups is 1. The van der Waals surface area contributed by atoms with Crippen molar-refractivity contribution in [1.82, 2.24) is 14.9 Å². The maximum Gasteiger partial charge on any atom is 0.248 e. The molecule has 1 atom stereocenters. The zero-order valence-corrected chi connectivity index (χ0v) is 18.0. The summed E-state index contributed by atoms with van der Waals surface area (Å²) in [5.74, 6) is 0.607. The normalized spacial score (nSPS) is 18.1. The smallest absolute Gasteiger partial charge is 0.248 e. The summed E-state index contributed by atoms with van der Waals surface area (Å²) in [6.07, 6.45) is 5.19. The standard InChI is InChI=1S/C24H24N6O2/c1-3-19-9-20(18(11-26)12-27-19)21-8-17(10-25)24(28-23(21)16-4-5-16)29-6-7-30(15(2)13-29)22(32)14-31/h3,8-9,12,15-16,31H,1,4-7,13-14H2,2H3. The summed E-state index contributed by atoms with van der Waals surface area (Å²) >= 11 is 0. The van der Waals surface area contributed by atoms with Crippen molar-refractivity contribution in [3.05, 3.63) is 47.4 Å². The van der Waals surface area contributed by atoms with Crippen LogP contribution in [0.25, 0.3) is 17.2 Å². The van der Waals surface area contributed by atoms with Crippen molar-refractivity contribution < 1.29 is 9.90 Å². The van der Waals surface area contributed by atoms with E-state index < -0.39 is 6.61 Å². The van der Waals surface area contributed by atoms with E-state index in [0.29, 0.717) is 47.8 Å². The zero-order valence-electron chi connectivity index (χ0n) is 18.0. The van der Waals surface area contributed by atoms with Crippen molar-refractivity contribution in [2.75, 3.05) is 31.1 Å². The fourth-order valence-corrected chi connectivity index (χ4v) is 4.23. The van der Waals surface area contributed by atoms with Crippen LogP contribution in [0.1, 0.15) is 48.2 Å². The second kappa shape index (κ2) is 8.78. The molecule has 8 nitrogen and oxygen atoms in total. The van der Waals surface area contributed by atoms with Crippen LogP contribution >= 0.6 is 0 Å². The van der Waals surface area contributed by atoms with E-state index in [4.69, 9.17) is 4.98 Å². The molecule has 0 radical (unpaired) electrons. The van der Waals surface area contributed by atoms with Gasteiger partial charge >= 0.3 is 0 Å². The van der Waals surface area contributed by atoms with Gasteiger partial charge in [0, 0.05) is 48.9 Å². The molecule has 1 N–H and O–H groups in total. The third-order valence-electron chi connectivity index (χ3n) is 6.04. The Kier molecular flexibility index (Phi) is 5.89. The van der Waals surface area contributed by atoms with E-state index in [9.17, 15) is 20.4 Å². The predicted octanol–water partition coefficient (Wildman–Crippen LogP) is 2.44. The van der Waals surface area contributed by atoms with Crippen LogP contribution in [0, 0.1) is 22.7 Å². The molecular formula is C24H24N6O2. The molecule has 0 aromatic carbocycles. The highest BCUT2D eigenvalue weighted by Gasteiger charge is 2.33. The Bertz CT molecular complexity index is 1160. The van der Waals surface area contributed by atoms with Crippen molar-refractivity contribution >= 4 is 17.8 Å². The van der Waals surface area contributed by atoms with Crippen LogP contribution in [0.5, 0.6) is 0 Å². The second-order valence-corrected chi connectivity index (χ2v) is 8.19. The predicted molar refractivity (Wildman–Crippen MR) is 119 cm³/mol. The number of pyridine rings is 2. The lowest BCUT2D eigenvalue weighted by Gasteiger charge is -2.40. The number of amides is 1. The minimum absolute atomic E-state index is 0.110. The van der Waals surface area contributed by atoms with Gasteiger partial charge in [-0.2, -0.15) is 10.5 Å². The average molecular weight is 428 g/mol. The maximum absolute atomic E-state index is 12.0. The molecule has 1 saturated carbocycles. The molecule has 1 unspecified atom stereocenters. The highest BCUT2D eigenvalue weighted by molar-refractivity contribution is 5.79. The Labute approximate surface area is 187 Å². The Morgan fingerprint density at radius 3 is 2.59 bits per heavy atom. The van der Waals surface area contributed by atoms with Gasteiger partial charge in [0.25, 0.3) is 0 Å². The number of piperazine rings is 1. The number of rotatable bonds is 5. The van der Waals surface area contributed by atoms with E-state index in [-0.39, 0.29) is 17.9 Å². The first-order chi connectivity index (χ1) is 15.5. The SMILES string of the molecule is C=Cc1cc(-c2cc(C#N)c(N3CCN(C(=O)CO)C(C)C3)nc2C2CC2)c(C#N)cn1. The van der Waals surface area contributed by atoms with Gasteiger partial charge in [-0.1, -0.05) is 6.58 Å². The monoisotopic (exact) mass is 428 g/mol. The molecule has 3 heterocycles. The number of carbonyl (C=O) groups is 1. The van der Waals surface area contributed by atoms with Gasteiger partial charge in [-0.05, 0) is 38.0 Å². The lowest BCUT2D eigenvalue weighted by Crippen LogP contribution is -2.55. The third-order valence-corrected chi connectivity index (χ3v) is 6.04. The average Bonchev–Trinajstić information content (AvgIpc) is 3.67. The van der Waals surface area contributed by atoms with Crippen molar-refractivity contribution in [3.8, 4) is 23.3 Å². The molecule has 4 rings (SSSR count). The minimum atomic E-state index is -0.508. The first-order valence-corrected chi connectivity index (χ1v) is 10.6. The lowest BCUT2D eigenvalue weighted by atomic mass is 9.96. The molecular weight excluding hydrogens is 404 g/mol. The van der Waals surface area contributed by atoms with Crippen molar-refractivity contribution in [3.63, 3.8) is 0 Å². The van der Waals surface area contributed by atoms with Gasteiger partial charge < -0.3 is 14.9 Å². The molecule has 1 amide bonds. The number of aliphatic hydroxyl groups excluding tert-OH is 1. The van der Waals surface area contributed by atoms with Crippen LogP contribution in [0.3, 0.4) is 0 Å². The van der Waals surface area contributed by atoms with Crippen LogP contribution in [0.15, 0.2) is 24.9 Å². The number of nitriles is 2. The van der Waals surface area contributed by atoms with Gasteiger partial charge in [-0.3, -0.25) is 9.78 Å². The lowest BCUT2D eigenvalue weighted by molar-refractivity contribution is -0.136. The van der Waals surface area contributed by atoms with Crippen molar-refractivity contribution in [1.29, 1.82) is 10.5 Å². The summed E-state index contributed by atoms with van der Waals surface area (Å²) in [4.78, 5) is 24.8. The summed E-state index contributed by atoms with van der Waals surface area (Å²) in [5, 5.41) is 28.8. The molecule has 2 aromatic heterocycles. The number of aromatic nitrogens is 2. The van der Waals surface area contributed by atoms with Gasteiger partial charge in [-0.25, -0.2) is 4.98 Å². The number of hydrogen-bond acceptors (Lipinski definition) is 7. The van der Waals surface area contributed by atoms with Gasteiger partial charge in [0.1, 0.15) is 24.6 Å². The molecule has 32 heavy (non-hydrogen) atoms. The number of nitrogens with zero attached hydrogens (tertiary/aromatic N) is 6. The summed E-state index contributed by atoms with van der Waals surface area (Å²) in [6.45, 7) is 6.70. The van der Waals surface area contributed by atoms with Crippen LogP contribution in [-0.2, 0) is 4.79 Å². The Balaban J connectivity index is 1.78. The largest absolute Gasteiger partial charge is 0.387 e. The van der Waals surface area contributed by atoms with Crippen LogP contribution < -0.4 is 4.90 Å². The van der Waals surface area contributed by atoms with Crippen molar-refractivity contribution in [2.45, 2.75) is 31.7 Å². The maximum atomic E-state index is 12.0. The second-order valence-electron chi connectivity index (χ2n) is 8.19. The molecule has 2 aromatic rings. The van der Waals surface area contributed by atoms with Gasteiger partial charge in [0.15, 0.2) is 0 Å². The van der Waals surface area contributed by atoms with Crippen LogP contribution in [0.4, 0.5) is 5.82 Å². The number of carbonyl (C=O) groups excluding carboxylic acids is 1.